The largest absolute Gasteiger partial charge is 0.206 e. The van der Waals surface area contributed by atoms with Crippen molar-refractivity contribution in [1.82, 2.24) is 0 Å². The molecule has 0 bridgehead atoms. The van der Waals surface area contributed by atoms with Crippen LogP contribution in [0.3, 0.4) is 0 Å². The molecule has 0 atom stereocenters. The third-order valence-corrected chi connectivity index (χ3v) is 2.83. The Kier molecular flexibility index (Phi) is 2.33. The summed E-state index contributed by atoms with van der Waals surface area (Å²) in [5.74, 6) is -2.60. The summed E-state index contributed by atoms with van der Waals surface area (Å²) in [6, 6.07) is 1.53. The molecule has 0 aromatic heterocycles. The van der Waals surface area contributed by atoms with Gasteiger partial charge in [-0.3, -0.25) is 0 Å². The van der Waals surface area contributed by atoms with Crippen molar-refractivity contribution >= 4 is 5.83 Å². The maximum Gasteiger partial charge on any atom is 0.169 e. The van der Waals surface area contributed by atoms with Crippen LogP contribution in [0.5, 0.6) is 0 Å². The minimum atomic E-state index is -1.05. The molecule has 1 aliphatic rings. The highest BCUT2D eigenvalue weighted by atomic mass is 19.2. The van der Waals surface area contributed by atoms with E-state index in [1.54, 1.807) is 6.92 Å². The topological polar surface area (TPSA) is 0 Å². The van der Waals surface area contributed by atoms with Crippen LogP contribution in [0.1, 0.15) is 30.0 Å². The number of halogens is 3. The Hall–Kier alpha value is -1.25. The van der Waals surface area contributed by atoms with Crippen molar-refractivity contribution in [3.8, 4) is 0 Å². The molecule has 0 N–H and O–H groups in total. The zero-order valence-corrected chi connectivity index (χ0v) is 8.63. The molecule has 15 heavy (non-hydrogen) atoms. The van der Waals surface area contributed by atoms with E-state index in [0.717, 1.165) is 0 Å². The summed E-state index contributed by atoms with van der Waals surface area (Å²) in [5, 5.41) is 0. The van der Waals surface area contributed by atoms with Gasteiger partial charge in [-0.1, -0.05) is 6.07 Å². The maximum atomic E-state index is 13.6. The van der Waals surface area contributed by atoms with Crippen molar-refractivity contribution < 1.29 is 13.2 Å². The van der Waals surface area contributed by atoms with Gasteiger partial charge in [-0.2, -0.15) is 0 Å². The summed E-state index contributed by atoms with van der Waals surface area (Å²) in [6.07, 6.45) is 1.15. The highest BCUT2D eigenvalue weighted by molar-refractivity contribution is 5.68. The lowest BCUT2D eigenvalue weighted by molar-refractivity contribution is 0.494. The van der Waals surface area contributed by atoms with Crippen molar-refractivity contribution in [2.45, 2.75) is 26.7 Å². The molecule has 1 aliphatic carbocycles. The standard InChI is InChI=1S/C12H11F3/c1-6-3-4-8-5-7(2)11(14)12(15)9(8)10(6)13/h5H,3-4H2,1-2H3. The monoisotopic (exact) mass is 212 g/mol. The van der Waals surface area contributed by atoms with Gasteiger partial charge < -0.3 is 0 Å². The third-order valence-electron chi connectivity index (χ3n) is 2.83. The van der Waals surface area contributed by atoms with Gasteiger partial charge >= 0.3 is 0 Å². The van der Waals surface area contributed by atoms with Gasteiger partial charge in [0.2, 0.25) is 0 Å². The molecular formula is C12H11F3. The van der Waals surface area contributed by atoms with Crippen molar-refractivity contribution in [1.29, 1.82) is 0 Å². The molecule has 0 aliphatic heterocycles. The van der Waals surface area contributed by atoms with Crippen LogP contribution in [0.15, 0.2) is 11.6 Å². The van der Waals surface area contributed by atoms with E-state index >= 15 is 0 Å². The number of rotatable bonds is 0. The van der Waals surface area contributed by atoms with Crippen LogP contribution in [0.4, 0.5) is 13.2 Å². The number of benzene rings is 1. The Morgan fingerprint density at radius 3 is 2.33 bits per heavy atom. The van der Waals surface area contributed by atoms with Gasteiger partial charge in [0.05, 0.1) is 5.56 Å². The first kappa shape index (κ1) is 10.3. The first-order valence-corrected chi connectivity index (χ1v) is 4.85. The van der Waals surface area contributed by atoms with Crippen LogP contribution >= 0.6 is 0 Å². The Bertz CT molecular complexity index is 458. The molecule has 0 unspecified atom stereocenters. The lowest BCUT2D eigenvalue weighted by atomic mass is 9.90. The smallest absolute Gasteiger partial charge is 0.169 e. The summed E-state index contributed by atoms with van der Waals surface area (Å²) >= 11 is 0. The lowest BCUT2D eigenvalue weighted by Gasteiger charge is -2.18. The average Bonchev–Trinajstić information content (AvgIpc) is 2.20. The second-order valence-corrected chi connectivity index (χ2v) is 3.95. The molecular weight excluding hydrogens is 201 g/mol. The molecule has 0 fully saturated rings. The van der Waals surface area contributed by atoms with E-state index in [2.05, 4.69) is 0 Å². The Morgan fingerprint density at radius 2 is 1.67 bits per heavy atom. The fourth-order valence-corrected chi connectivity index (χ4v) is 1.90. The van der Waals surface area contributed by atoms with Crippen LogP contribution in [0, 0.1) is 18.6 Å². The summed E-state index contributed by atoms with van der Waals surface area (Å²) in [7, 11) is 0. The molecule has 0 heterocycles. The minimum absolute atomic E-state index is 0.179. The molecule has 80 valence electrons. The van der Waals surface area contributed by atoms with E-state index in [1.807, 2.05) is 0 Å². The molecule has 3 heteroatoms. The molecule has 1 aromatic rings. The molecule has 0 nitrogen and oxygen atoms in total. The Labute approximate surface area is 86.4 Å². The van der Waals surface area contributed by atoms with E-state index < -0.39 is 17.5 Å². The van der Waals surface area contributed by atoms with Crippen LogP contribution in [0.2, 0.25) is 0 Å². The van der Waals surface area contributed by atoms with Crippen molar-refractivity contribution in [3.05, 3.63) is 40.0 Å². The van der Waals surface area contributed by atoms with Crippen LogP contribution in [-0.4, -0.2) is 0 Å². The number of hydrogen-bond acceptors (Lipinski definition) is 0. The predicted molar refractivity (Wildman–Crippen MR) is 53.1 cm³/mol. The average molecular weight is 212 g/mol. The number of hydrogen-bond donors (Lipinski definition) is 0. The normalized spacial score (nSPS) is 15.5. The number of allylic oxidation sites excluding steroid dienone is 1. The lowest BCUT2D eigenvalue weighted by Crippen LogP contribution is -2.07. The first-order chi connectivity index (χ1) is 7.02. The first-order valence-electron chi connectivity index (χ1n) is 4.85. The zero-order chi connectivity index (χ0) is 11.2. The van der Waals surface area contributed by atoms with Crippen molar-refractivity contribution in [2.75, 3.05) is 0 Å². The van der Waals surface area contributed by atoms with Crippen molar-refractivity contribution in [2.24, 2.45) is 0 Å². The van der Waals surface area contributed by atoms with E-state index in [1.165, 1.54) is 13.0 Å². The van der Waals surface area contributed by atoms with E-state index in [-0.39, 0.29) is 11.1 Å². The van der Waals surface area contributed by atoms with Gasteiger partial charge in [0, 0.05) is 0 Å². The van der Waals surface area contributed by atoms with Crippen molar-refractivity contribution in [3.63, 3.8) is 0 Å². The summed E-state index contributed by atoms with van der Waals surface area (Å²) in [6.45, 7) is 3.09. The van der Waals surface area contributed by atoms with Gasteiger partial charge in [-0.15, -0.1) is 0 Å². The Morgan fingerprint density at radius 1 is 1.00 bits per heavy atom. The summed E-state index contributed by atoms with van der Waals surface area (Å²) in [4.78, 5) is 0. The molecule has 0 spiro atoms. The van der Waals surface area contributed by atoms with Crippen LogP contribution < -0.4 is 0 Å². The van der Waals surface area contributed by atoms with Gasteiger partial charge in [0.15, 0.2) is 11.6 Å². The second kappa shape index (κ2) is 3.40. The quantitative estimate of drug-likeness (QED) is 0.611. The number of fused-ring (bicyclic) bond motifs is 1. The van der Waals surface area contributed by atoms with Gasteiger partial charge in [-0.25, -0.2) is 13.2 Å². The SMILES string of the molecule is CC1=C(F)c2c(cc(C)c(F)c2F)CC1. The van der Waals surface area contributed by atoms with Gasteiger partial charge in [0.1, 0.15) is 5.83 Å². The molecule has 2 rings (SSSR count). The van der Waals surface area contributed by atoms with Gasteiger partial charge in [0.25, 0.3) is 0 Å². The fourth-order valence-electron chi connectivity index (χ4n) is 1.90. The third kappa shape index (κ3) is 1.46. The summed E-state index contributed by atoms with van der Waals surface area (Å²) in [5.41, 5.74) is 1.11. The molecule has 1 aromatic carbocycles. The minimum Gasteiger partial charge on any atom is -0.206 e. The molecule has 0 saturated carbocycles. The summed E-state index contributed by atoms with van der Waals surface area (Å²) < 4.78 is 40.4. The van der Waals surface area contributed by atoms with E-state index in [4.69, 9.17) is 0 Å². The highest BCUT2D eigenvalue weighted by Gasteiger charge is 2.24. The Balaban J connectivity index is 2.75. The zero-order valence-electron chi connectivity index (χ0n) is 8.63. The predicted octanol–water partition coefficient (Wildman–Crippen LogP) is 3.92. The van der Waals surface area contributed by atoms with Gasteiger partial charge in [-0.05, 0) is 43.4 Å². The number of aryl methyl sites for hydroxylation is 2. The molecule has 0 amide bonds. The van der Waals surface area contributed by atoms with Crippen LogP contribution in [0.25, 0.3) is 5.83 Å². The van der Waals surface area contributed by atoms with E-state index in [9.17, 15) is 13.2 Å². The molecule has 0 radical (unpaired) electrons. The van der Waals surface area contributed by atoms with E-state index in [0.29, 0.717) is 24.0 Å². The maximum absolute atomic E-state index is 13.6. The highest BCUT2D eigenvalue weighted by Crippen LogP contribution is 2.35. The molecule has 0 saturated heterocycles. The second-order valence-electron chi connectivity index (χ2n) is 3.95. The van der Waals surface area contributed by atoms with Crippen LogP contribution in [-0.2, 0) is 6.42 Å². The fraction of sp³-hybridized carbons (Fsp3) is 0.333.